The van der Waals surface area contributed by atoms with Crippen LogP contribution in [0.1, 0.15) is 13.8 Å². The Bertz CT molecular complexity index is 379. The van der Waals surface area contributed by atoms with Gasteiger partial charge in [0.2, 0.25) is 0 Å². The molecule has 1 aliphatic rings. The van der Waals surface area contributed by atoms with E-state index in [2.05, 4.69) is 35.1 Å². The van der Waals surface area contributed by atoms with E-state index in [1.165, 1.54) is 0 Å². The van der Waals surface area contributed by atoms with Gasteiger partial charge >= 0.3 is 0 Å². The lowest BCUT2D eigenvalue weighted by Crippen LogP contribution is -2.41. The van der Waals surface area contributed by atoms with Crippen LogP contribution in [0.15, 0.2) is 16.6 Å². The molecule has 76 valence electrons. The van der Waals surface area contributed by atoms with E-state index < -0.39 is 0 Å². The first-order valence-corrected chi connectivity index (χ1v) is 5.55. The third kappa shape index (κ3) is 1.84. The minimum absolute atomic E-state index is 0.0383. The molecule has 1 heterocycles. The zero-order valence-electron chi connectivity index (χ0n) is 8.03. The van der Waals surface area contributed by atoms with Crippen molar-refractivity contribution in [2.45, 2.75) is 19.4 Å². The molecule has 1 aromatic carbocycles. The minimum atomic E-state index is -0.0383. The summed E-state index contributed by atoms with van der Waals surface area (Å²) in [5.74, 6) is 0.809. The number of rotatable bonds is 0. The van der Waals surface area contributed by atoms with Crippen molar-refractivity contribution >= 4 is 33.2 Å². The fraction of sp³-hybridized carbons (Fsp3) is 0.400. The third-order valence-corrected chi connectivity index (χ3v) is 2.91. The Hall–Kier alpha value is -0.410. The largest absolute Gasteiger partial charge is 0.489 e. The van der Waals surface area contributed by atoms with Crippen molar-refractivity contribution in [3.8, 4) is 5.75 Å². The van der Waals surface area contributed by atoms with Crippen molar-refractivity contribution in [2.75, 3.05) is 11.9 Å². The molecule has 2 nitrogen and oxygen atoms in total. The summed E-state index contributed by atoms with van der Waals surface area (Å²) in [5.41, 5.74) is 0.939. The first kappa shape index (κ1) is 10.1. The van der Waals surface area contributed by atoms with Crippen molar-refractivity contribution in [1.82, 2.24) is 0 Å². The summed E-state index contributed by atoms with van der Waals surface area (Å²) in [6.07, 6.45) is 0. The maximum atomic E-state index is 5.92. The average molecular weight is 277 g/mol. The average Bonchev–Trinajstić information content (AvgIpc) is 2.06. The minimum Gasteiger partial charge on any atom is -0.489 e. The number of hydrogen-bond acceptors (Lipinski definition) is 2. The smallest absolute Gasteiger partial charge is 0.145 e. The van der Waals surface area contributed by atoms with Gasteiger partial charge in [-0.2, -0.15) is 0 Å². The van der Waals surface area contributed by atoms with Gasteiger partial charge in [0.15, 0.2) is 0 Å². The van der Waals surface area contributed by atoms with Gasteiger partial charge < -0.3 is 10.1 Å². The maximum absolute atomic E-state index is 5.92. The molecule has 1 N–H and O–H groups in total. The second-order valence-electron chi connectivity index (χ2n) is 4.06. The normalized spacial score (nSPS) is 18.0. The van der Waals surface area contributed by atoms with Crippen LogP contribution in [0.4, 0.5) is 5.69 Å². The van der Waals surface area contributed by atoms with Crippen LogP contribution in [0.5, 0.6) is 5.75 Å². The molecule has 0 bridgehead atoms. The number of nitrogens with one attached hydrogen (secondary N) is 1. The van der Waals surface area contributed by atoms with Crippen molar-refractivity contribution < 1.29 is 4.74 Å². The highest BCUT2D eigenvalue weighted by molar-refractivity contribution is 9.10. The molecule has 1 aliphatic heterocycles. The van der Waals surface area contributed by atoms with Gasteiger partial charge in [-0.3, -0.25) is 0 Å². The van der Waals surface area contributed by atoms with Gasteiger partial charge in [0, 0.05) is 15.6 Å². The number of halogens is 2. The Kier molecular flexibility index (Phi) is 2.40. The lowest BCUT2D eigenvalue weighted by molar-refractivity contribution is 0.242. The van der Waals surface area contributed by atoms with Gasteiger partial charge in [0.1, 0.15) is 12.4 Å². The molecular formula is C10H11BrClNO. The summed E-state index contributed by atoms with van der Waals surface area (Å²) in [6, 6.07) is 3.68. The Morgan fingerprint density at radius 3 is 2.93 bits per heavy atom. The zero-order valence-corrected chi connectivity index (χ0v) is 10.4. The predicted molar refractivity (Wildman–Crippen MR) is 62.3 cm³/mol. The summed E-state index contributed by atoms with van der Waals surface area (Å²) in [6.45, 7) is 4.83. The molecule has 14 heavy (non-hydrogen) atoms. The summed E-state index contributed by atoms with van der Waals surface area (Å²) in [5, 5.41) is 4.08. The molecule has 0 amide bonds. The fourth-order valence-electron chi connectivity index (χ4n) is 1.42. The topological polar surface area (TPSA) is 21.3 Å². The van der Waals surface area contributed by atoms with Gasteiger partial charge in [0.25, 0.3) is 0 Å². The summed E-state index contributed by atoms with van der Waals surface area (Å²) >= 11 is 9.37. The Balaban J connectivity index is 2.47. The van der Waals surface area contributed by atoms with Crippen molar-refractivity contribution in [1.29, 1.82) is 0 Å². The molecule has 0 saturated carbocycles. The van der Waals surface area contributed by atoms with Crippen molar-refractivity contribution in [2.24, 2.45) is 0 Å². The Morgan fingerprint density at radius 2 is 2.21 bits per heavy atom. The highest BCUT2D eigenvalue weighted by atomic mass is 79.9. The standard InChI is InChI=1S/C10H11BrClNO/c1-10(2)5-14-8-4-6(12)3-7(11)9(8)13-10/h3-4,13H,5H2,1-2H3. The molecule has 0 spiro atoms. The number of ether oxygens (including phenoxy) is 1. The summed E-state index contributed by atoms with van der Waals surface area (Å²) in [7, 11) is 0. The van der Waals surface area contributed by atoms with Gasteiger partial charge in [-0.15, -0.1) is 0 Å². The molecule has 4 heteroatoms. The van der Waals surface area contributed by atoms with E-state index in [1.54, 1.807) is 0 Å². The van der Waals surface area contributed by atoms with Crippen LogP contribution >= 0.6 is 27.5 Å². The number of fused-ring (bicyclic) bond motifs is 1. The van der Waals surface area contributed by atoms with Crippen LogP contribution in [-0.2, 0) is 0 Å². The van der Waals surface area contributed by atoms with Crippen LogP contribution in [0.2, 0.25) is 5.02 Å². The van der Waals surface area contributed by atoms with Crippen LogP contribution in [-0.4, -0.2) is 12.1 Å². The van der Waals surface area contributed by atoms with Crippen molar-refractivity contribution in [3.63, 3.8) is 0 Å². The molecule has 2 rings (SSSR count). The van der Waals surface area contributed by atoms with E-state index in [1.807, 2.05) is 12.1 Å². The van der Waals surface area contributed by atoms with E-state index in [0.717, 1.165) is 15.9 Å². The highest BCUT2D eigenvalue weighted by Gasteiger charge is 2.27. The Morgan fingerprint density at radius 1 is 1.50 bits per heavy atom. The van der Waals surface area contributed by atoms with E-state index in [-0.39, 0.29) is 5.54 Å². The SMILES string of the molecule is CC1(C)COc2cc(Cl)cc(Br)c2N1. The lowest BCUT2D eigenvalue weighted by atomic mass is 10.0. The molecule has 0 aromatic heterocycles. The monoisotopic (exact) mass is 275 g/mol. The van der Waals surface area contributed by atoms with E-state index in [4.69, 9.17) is 16.3 Å². The summed E-state index contributed by atoms with van der Waals surface area (Å²) in [4.78, 5) is 0. The molecule has 0 radical (unpaired) electrons. The molecule has 0 atom stereocenters. The Labute approximate surface area is 96.7 Å². The second kappa shape index (κ2) is 3.31. The molecule has 0 aliphatic carbocycles. The lowest BCUT2D eigenvalue weighted by Gasteiger charge is -2.34. The van der Waals surface area contributed by atoms with Crippen LogP contribution in [0.25, 0.3) is 0 Å². The third-order valence-electron chi connectivity index (χ3n) is 2.07. The van der Waals surface area contributed by atoms with Crippen LogP contribution in [0.3, 0.4) is 0 Å². The molecule has 0 unspecified atom stereocenters. The second-order valence-corrected chi connectivity index (χ2v) is 5.35. The number of hydrogen-bond donors (Lipinski definition) is 1. The quantitative estimate of drug-likeness (QED) is 0.780. The first-order valence-electron chi connectivity index (χ1n) is 4.38. The van der Waals surface area contributed by atoms with Crippen molar-refractivity contribution in [3.05, 3.63) is 21.6 Å². The van der Waals surface area contributed by atoms with Gasteiger partial charge in [0.05, 0.1) is 11.2 Å². The van der Waals surface area contributed by atoms with E-state index in [0.29, 0.717) is 11.6 Å². The summed E-state index contributed by atoms with van der Waals surface area (Å²) < 4.78 is 6.56. The molecule has 0 fully saturated rings. The van der Waals surface area contributed by atoms with Crippen LogP contribution in [0, 0.1) is 0 Å². The zero-order chi connectivity index (χ0) is 10.3. The maximum Gasteiger partial charge on any atom is 0.145 e. The van der Waals surface area contributed by atoms with Gasteiger partial charge in [-0.05, 0) is 35.8 Å². The van der Waals surface area contributed by atoms with E-state index in [9.17, 15) is 0 Å². The molecular weight excluding hydrogens is 265 g/mol. The first-order chi connectivity index (χ1) is 6.48. The predicted octanol–water partition coefficient (Wildman–Crippen LogP) is 3.69. The van der Waals surface area contributed by atoms with Gasteiger partial charge in [-0.25, -0.2) is 0 Å². The van der Waals surface area contributed by atoms with Crippen LogP contribution < -0.4 is 10.1 Å². The van der Waals surface area contributed by atoms with E-state index >= 15 is 0 Å². The van der Waals surface area contributed by atoms with Gasteiger partial charge in [-0.1, -0.05) is 11.6 Å². The molecule has 1 aromatic rings. The fourth-order valence-corrected chi connectivity index (χ4v) is 2.30. The number of benzene rings is 1. The molecule has 0 saturated heterocycles. The number of anilines is 1. The highest BCUT2D eigenvalue weighted by Crippen LogP contribution is 2.40.